The first-order valence-electron chi connectivity index (χ1n) is 4.27. The second-order valence-corrected chi connectivity index (χ2v) is 2.83. The maximum Gasteiger partial charge on any atom is 0.335 e. The van der Waals surface area contributed by atoms with Crippen molar-refractivity contribution in [3.8, 4) is 5.75 Å². The largest absolute Gasteiger partial charge is 0.493 e. The second-order valence-electron chi connectivity index (χ2n) is 2.83. The van der Waals surface area contributed by atoms with Crippen LogP contribution in [0.5, 0.6) is 5.75 Å². The summed E-state index contributed by atoms with van der Waals surface area (Å²) in [5.41, 5.74) is 0.114. The van der Waals surface area contributed by atoms with Gasteiger partial charge in [0, 0.05) is 0 Å². The SMILES string of the molecule is O=C(O)CCOc1cccc(C(=O)O)c1. The summed E-state index contributed by atoms with van der Waals surface area (Å²) in [6.07, 6.45) is -0.114. The van der Waals surface area contributed by atoms with Gasteiger partial charge in [0.15, 0.2) is 0 Å². The molecule has 0 amide bonds. The number of aromatic carboxylic acids is 1. The zero-order chi connectivity index (χ0) is 11.3. The Labute approximate surface area is 85.9 Å². The van der Waals surface area contributed by atoms with Crippen LogP contribution in [0.25, 0.3) is 0 Å². The van der Waals surface area contributed by atoms with Gasteiger partial charge in [-0.3, -0.25) is 4.79 Å². The van der Waals surface area contributed by atoms with Crippen molar-refractivity contribution in [1.82, 2.24) is 0 Å². The van der Waals surface area contributed by atoms with Crippen LogP contribution in [0, 0.1) is 0 Å². The zero-order valence-electron chi connectivity index (χ0n) is 7.84. The van der Waals surface area contributed by atoms with Crippen molar-refractivity contribution in [2.45, 2.75) is 6.42 Å². The molecule has 1 aromatic carbocycles. The van der Waals surface area contributed by atoms with Gasteiger partial charge in [-0.1, -0.05) is 6.07 Å². The minimum Gasteiger partial charge on any atom is -0.493 e. The first kappa shape index (κ1) is 11.0. The number of carboxylic acid groups (broad SMARTS) is 2. The molecule has 0 atom stereocenters. The topological polar surface area (TPSA) is 83.8 Å². The van der Waals surface area contributed by atoms with E-state index in [2.05, 4.69) is 0 Å². The Morgan fingerprint density at radius 3 is 2.60 bits per heavy atom. The standard InChI is InChI=1S/C10H10O5/c11-9(12)4-5-15-8-3-1-2-7(6-8)10(13)14/h1-3,6H,4-5H2,(H,11,12)(H,13,14). The molecule has 2 N–H and O–H groups in total. The van der Waals surface area contributed by atoms with Crippen molar-refractivity contribution in [1.29, 1.82) is 0 Å². The van der Waals surface area contributed by atoms with E-state index in [1.165, 1.54) is 12.1 Å². The van der Waals surface area contributed by atoms with E-state index in [-0.39, 0.29) is 18.6 Å². The molecule has 0 aliphatic rings. The lowest BCUT2D eigenvalue weighted by Crippen LogP contribution is -2.05. The summed E-state index contributed by atoms with van der Waals surface area (Å²) in [5.74, 6) is -1.64. The number of carbonyl (C=O) groups is 2. The van der Waals surface area contributed by atoms with Gasteiger partial charge in [0.2, 0.25) is 0 Å². The van der Waals surface area contributed by atoms with Gasteiger partial charge in [0.1, 0.15) is 5.75 Å². The summed E-state index contributed by atoms with van der Waals surface area (Å²) in [7, 11) is 0. The molecule has 0 saturated carbocycles. The number of hydrogen-bond acceptors (Lipinski definition) is 3. The lowest BCUT2D eigenvalue weighted by molar-refractivity contribution is -0.137. The Kier molecular flexibility index (Phi) is 3.68. The van der Waals surface area contributed by atoms with Crippen molar-refractivity contribution >= 4 is 11.9 Å². The van der Waals surface area contributed by atoms with Crippen molar-refractivity contribution in [2.24, 2.45) is 0 Å². The molecule has 5 heteroatoms. The van der Waals surface area contributed by atoms with E-state index in [1.54, 1.807) is 12.1 Å². The molecule has 0 fully saturated rings. The highest BCUT2D eigenvalue weighted by Gasteiger charge is 2.04. The molecule has 5 nitrogen and oxygen atoms in total. The molecule has 0 bridgehead atoms. The fourth-order valence-electron chi connectivity index (χ4n) is 0.975. The summed E-state index contributed by atoms with van der Waals surface area (Å²) in [4.78, 5) is 20.8. The molecule has 1 aromatic rings. The van der Waals surface area contributed by atoms with Crippen LogP contribution in [0.4, 0.5) is 0 Å². The van der Waals surface area contributed by atoms with Crippen LogP contribution in [-0.4, -0.2) is 28.8 Å². The highest BCUT2D eigenvalue weighted by Crippen LogP contribution is 2.13. The second kappa shape index (κ2) is 4.99. The normalized spacial score (nSPS) is 9.60. The molecule has 15 heavy (non-hydrogen) atoms. The number of hydrogen-bond donors (Lipinski definition) is 2. The Hall–Kier alpha value is -2.04. The minimum absolute atomic E-state index is 0.0262. The molecule has 0 aromatic heterocycles. The fourth-order valence-corrected chi connectivity index (χ4v) is 0.975. The van der Waals surface area contributed by atoms with E-state index >= 15 is 0 Å². The Morgan fingerprint density at radius 1 is 1.27 bits per heavy atom. The van der Waals surface area contributed by atoms with Gasteiger partial charge in [0.05, 0.1) is 18.6 Å². The van der Waals surface area contributed by atoms with Crippen LogP contribution in [0.15, 0.2) is 24.3 Å². The van der Waals surface area contributed by atoms with E-state index in [1.807, 2.05) is 0 Å². The average molecular weight is 210 g/mol. The van der Waals surface area contributed by atoms with Crippen LogP contribution in [0.2, 0.25) is 0 Å². The summed E-state index contributed by atoms with van der Waals surface area (Å²) in [5, 5.41) is 17.0. The molecule has 1 rings (SSSR count). The molecule has 0 spiro atoms. The van der Waals surface area contributed by atoms with E-state index in [4.69, 9.17) is 14.9 Å². The van der Waals surface area contributed by atoms with Crippen LogP contribution < -0.4 is 4.74 Å². The molecule has 0 saturated heterocycles. The summed E-state index contributed by atoms with van der Waals surface area (Å²) < 4.78 is 5.06. The first-order chi connectivity index (χ1) is 7.09. The molecular formula is C10H10O5. The monoisotopic (exact) mass is 210 g/mol. The highest BCUT2D eigenvalue weighted by molar-refractivity contribution is 5.88. The number of carboxylic acids is 2. The van der Waals surface area contributed by atoms with Crippen molar-refractivity contribution in [2.75, 3.05) is 6.61 Å². The number of aliphatic carboxylic acids is 1. The van der Waals surface area contributed by atoms with E-state index in [0.717, 1.165) is 0 Å². The van der Waals surface area contributed by atoms with Crippen LogP contribution in [0.1, 0.15) is 16.8 Å². The predicted molar refractivity (Wildman–Crippen MR) is 51.1 cm³/mol. The van der Waals surface area contributed by atoms with E-state index < -0.39 is 11.9 Å². The summed E-state index contributed by atoms with van der Waals surface area (Å²) in [6, 6.07) is 5.91. The van der Waals surface area contributed by atoms with Crippen LogP contribution in [-0.2, 0) is 4.79 Å². The van der Waals surface area contributed by atoms with E-state index in [0.29, 0.717) is 5.75 Å². The predicted octanol–water partition coefficient (Wildman–Crippen LogP) is 1.24. The molecule has 0 aliphatic carbocycles. The fraction of sp³-hybridized carbons (Fsp3) is 0.200. The molecule has 0 heterocycles. The lowest BCUT2D eigenvalue weighted by Gasteiger charge is -2.04. The Bertz CT molecular complexity index is 372. The third-order valence-corrected chi connectivity index (χ3v) is 1.67. The van der Waals surface area contributed by atoms with Gasteiger partial charge >= 0.3 is 11.9 Å². The third-order valence-electron chi connectivity index (χ3n) is 1.67. The van der Waals surface area contributed by atoms with Gasteiger partial charge in [-0.05, 0) is 18.2 Å². The maximum atomic E-state index is 10.6. The molecule has 0 unspecified atom stereocenters. The lowest BCUT2D eigenvalue weighted by atomic mass is 10.2. The molecule has 0 aliphatic heterocycles. The molecule has 80 valence electrons. The number of ether oxygens (including phenoxy) is 1. The van der Waals surface area contributed by atoms with E-state index in [9.17, 15) is 9.59 Å². The zero-order valence-corrected chi connectivity index (χ0v) is 7.84. The van der Waals surface area contributed by atoms with Gasteiger partial charge in [-0.2, -0.15) is 0 Å². The van der Waals surface area contributed by atoms with Gasteiger partial charge < -0.3 is 14.9 Å². The van der Waals surface area contributed by atoms with Crippen LogP contribution >= 0.6 is 0 Å². The molecular weight excluding hydrogens is 200 g/mol. The number of benzene rings is 1. The van der Waals surface area contributed by atoms with Gasteiger partial charge in [-0.25, -0.2) is 4.79 Å². The third kappa shape index (κ3) is 3.68. The van der Waals surface area contributed by atoms with Crippen molar-refractivity contribution in [3.63, 3.8) is 0 Å². The van der Waals surface area contributed by atoms with Crippen molar-refractivity contribution in [3.05, 3.63) is 29.8 Å². The minimum atomic E-state index is -1.04. The van der Waals surface area contributed by atoms with Gasteiger partial charge in [-0.15, -0.1) is 0 Å². The highest BCUT2D eigenvalue weighted by atomic mass is 16.5. The Balaban J connectivity index is 2.58. The van der Waals surface area contributed by atoms with Gasteiger partial charge in [0.25, 0.3) is 0 Å². The summed E-state index contributed by atoms with van der Waals surface area (Å²) >= 11 is 0. The maximum absolute atomic E-state index is 10.6. The smallest absolute Gasteiger partial charge is 0.335 e. The molecule has 0 radical (unpaired) electrons. The Morgan fingerprint density at radius 2 is 2.00 bits per heavy atom. The quantitative estimate of drug-likeness (QED) is 0.763. The summed E-state index contributed by atoms with van der Waals surface area (Å²) in [6.45, 7) is 0.0262. The average Bonchev–Trinajstić information content (AvgIpc) is 2.17. The number of rotatable bonds is 5. The van der Waals surface area contributed by atoms with Crippen LogP contribution in [0.3, 0.4) is 0 Å². The first-order valence-corrected chi connectivity index (χ1v) is 4.27. The van der Waals surface area contributed by atoms with Crippen molar-refractivity contribution < 1.29 is 24.5 Å².